The van der Waals surface area contributed by atoms with E-state index in [0.717, 1.165) is 31.1 Å². The Morgan fingerprint density at radius 3 is 2.67 bits per heavy atom. The van der Waals surface area contributed by atoms with Crippen molar-refractivity contribution in [1.82, 2.24) is 4.90 Å². The van der Waals surface area contributed by atoms with Gasteiger partial charge in [-0.05, 0) is 61.9 Å². The van der Waals surface area contributed by atoms with Crippen molar-refractivity contribution in [1.29, 1.82) is 0 Å². The Bertz CT molecular complexity index is 692. The fraction of sp³-hybridized carbons (Fsp3) is 0.455. The lowest BCUT2D eigenvalue weighted by Crippen LogP contribution is -2.37. The Labute approximate surface area is 145 Å². The second-order valence-electron chi connectivity index (χ2n) is 7.40. The van der Waals surface area contributed by atoms with E-state index in [2.05, 4.69) is 67.4 Å². The molecule has 2 aromatic rings. The first-order valence-corrected chi connectivity index (χ1v) is 9.24. The molecule has 0 radical (unpaired) electrons. The Kier molecular flexibility index (Phi) is 4.32. The van der Waals surface area contributed by atoms with Gasteiger partial charge in [0.15, 0.2) is 0 Å². The van der Waals surface area contributed by atoms with Crippen LogP contribution in [0.4, 0.5) is 0 Å². The van der Waals surface area contributed by atoms with Gasteiger partial charge in [-0.25, -0.2) is 0 Å². The molecule has 0 amide bonds. The molecule has 2 nitrogen and oxygen atoms in total. The van der Waals surface area contributed by atoms with Gasteiger partial charge in [-0.1, -0.05) is 42.5 Å². The zero-order valence-electron chi connectivity index (χ0n) is 14.7. The highest BCUT2D eigenvalue weighted by Gasteiger charge is 2.35. The summed E-state index contributed by atoms with van der Waals surface area (Å²) in [7, 11) is 2.30. The molecule has 2 aliphatic rings. The van der Waals surface area contributed by atoms with Crippen LogP contribution in [-0.2, 0) is 12.8 Å². The van der Waals surface area contributed by atoms with Crippen LogP contribution in [0, 0.1) is 5.92 Å². The van der Waals surface area contributed by atoms with Gasteiger partial charge in [0.2, 0.25) is 0 Å². The Morgan fingerprint density at radius 1 is 1.12 bits per heavy atom. The maximum Gasteiger partial charge on any atom is 0.122 e. The molecule has 1 aliphatic heterocycles. The van der Waals surface area contributed by atoms with Crippen LogP contribution in [0.25, 0.3) is 0 Å². The number of likely N-dealkylation sites (N-methyl/N-ethyl adjacent to an activating group) is 1. The van der Waals surface area contributed by atoms with Gasteiger partial charge >= 0.3 is 0 Å². The summed E-state index contributed by atoms with van der Waals surface area (Å²) in [5, 5.41) is 0. The highest BCUT2D eigenvalue weighted by molar-refractivity contribution is 5.40. The second kappa shape index (κ2) is 6.60. The molecule has 0 aromatic heterocycles. The van der Waals surface area contributed by atoms with Crippen molar-refractivity contribution in [3.05, 3.63) is 65.2 Å². The maximum atomic E-state index is 5.76. The van der Waals surface area contributed by atoms with Crippen molar-refractivity contribution >= 4 is 0 Å². The Balaban J connectivity index is 1.52. The summed E-state index contributed by atoms with van der Waals surface area (Å²) in [4.78, 5) is 2.58. The van der Waals surface area contributed by atoms with Crippen molar-refractivity contribution < 1.29 is 4.74 Å². The number of ether oxygens (including phenoxy) is 1. The zero-order chi connectivity index (χ0) is 16.5. The minimum Gasteiger partial charge on any atom is -0.493 e. The number of rotatable bonds is 6. The van der Waals surface area contributed by atoms with E-state index in [1.54, 1.807) is 0 Å². The Hall–Kier alpha value is -1.80. The average Bonchev–Trinajstić information content (AvgIpc) is 3.36. The van der Waals surface area contributed by atoms with Crippen LogP contribution < -0.4 is 4.74 Å². The molecular formula is C22H27NO. The first-order chi connectivity index (χ1) is 11.7. The largest absolute Gasteiger partial charge is 0.493 e. The maximum absolute atomic E-state index is 5.76. The third-order valence-electron chi connectivity index (χ3n) is 5.79. The van der Waals surface area contributed by atoms with Crippen molar-refractivity contribution in [3.8, 4) is 5.75 Å². The molecule has 4 rings (SSSR count). The highest BCUT2D eigenvalue weighted by Crippen LogP contribution is 2.39. The summed E-state index contributed by atoms with van der Waals surface area (Å²) in [6, 6.07) is 18.8. The molecule has 0 N–H and O–H groups in total. The summed E-state index contributed by atoms with van der Waals surface area (Å²) in [6.45, 7) is 3.17. The standard InChI is InChI=1S/C22H27NO/c1-16(18-6-4-3-5-7-18)23(2)21(19-10-11-19)14-17-8-9-20-12-13-24-22(20)15-17/h3-9,15-16,19,21H,10-14H2,1-2H3. The summed E-state index contributed by atoms with van der Waals surface area (Å²) in [6.07, 6.45) is 4.93. The molecule has 2 aromatic carbocycles. The summed E-state index contributed by atoms with van der Waals surface area (Å²) in [5.41, 5.74) is 4.19. The summed E-state index contributed by atoms with van der Waals surface area (Å²) < 4.78 is 5.76. The van der Waals surface area contributed by atoms with Crippen LogP contribution >= 0.6 is 0 Å². The monoisotopic (exact) mass is 321 g/mol. The van der Waals surface area contributed by atoms with Gasteiger partial charge in [-0.3, -0.25) is 4.90 Å². The lowest BCUT2D eigenvalue weighted by molar-refractivity contribution is 0.164. The molecule has 1 fully saturated rings. The number of benzene rings is 2. The molecule has 0 saturated heterocycles. The SMILES string of the molecule is CC(c1ccccc1)N(C)C(Cc1ccc2c(c1)OCC2)C1CC1. The number of hydrogen-bond donors (Lipinski definition) is 0. The van der Waals surface area contributed by atoms with Crippen molar-refractivity contribution in [3.63, 3.8) is 0 Å². The van der Waals surface area contributed by atoms with E-state index in [-0.39, 0.29) is 0 Å². The predicted molar refractivity (Wildman–Crippen MR) is 98.5 cm³/mol. The van der Waals surface area contributed by atoms with Gasteiger partial charge in [0.1, 0.15) is 5.75 Å². The first-order valence-electron chi connectivity index (χ1n) is 9.24. The lowest BCUT2D eigenvalue weighted by Gasteiger charge is -2.34. The van der Waals surface area contributed by atoms with Crippen molar-refractivity contribution in [2.24, 2.45) is 5.92 Å². The van der Waals surface area contributed by atoms with Crippen LogP contribution in [0.1, 0.15) is 42.5 Å². The minimum absolute atomic E-state index is 0.447. The minimum atomic E-state index is 0.447. The van der Waals surface area contributed by atoms with Crippen molar-refractivity contribution in [2.45, 2.75) is 44.7 Å². The molecule has 2 heteroatoms. The smallest absolute Gasteiger partial charge is 0.122 e. The van der Waals surface area contributed by atoms with Gasteiger partial charge in [-0.15, -0.1) is 0 Å². The lowest BCUT2D eigenvalue weighted by atomic mass is 9.96. The second-order valence-corrected chi connectivity index (χ2v) is 7.40. The average molecular weight is 321 g/mol. The molecule has 0 spiro atoms. The van der Waals surface area contributed by atoms with Gasteiger partial charge in [-0.2, -0.15) is 0 Å². The molecule has 1 saturated carbocycles. The van der Waals surface area contributed by atoms with Crippen LogP contribution in [0.3, 0.4) is 0 Å². The van der Waals surface area contributed by atoms with E-state index >= 15 is 0 Å². The third-order valence-corrected chi connectivity index (χ3v) is 5.79. The quantitative estimate of drug-likeness (QED) is 0.769. The van der Waals surface area contributed by atoms with Crippen LogP contribution in [0.5, 0.6) is 5.75 Å². The predicted octanol–water partition coefficient (Wildman–Crippen LogP) is 4.64. The summed E-state index contributed by atoms with van der Waals surface area (Å²) in [5.74, 6) is 1.95. The van der Waals surface area contributed by atoms with E-state index in [0.29, 0.717) is 12.1 Å². The van der Waals surface area contributed by atoms with Gasteiger partial charge < -0.3 is 4.74 Å². The highest BCUT2D eigenvalue weighted by atomic mass is 16.5. The van der Waals surface area contributed by atoms with E-state index < -0.39 is 0 Å². The summed E-state index contributed by atoms with van der Waals surface area (Å²) >= 11 is 0. The third kappa shape index (κ3) is 3.21. The van der Waals surface area contributed by atoms with E-state index in [9.17, 15) is 0 Å². The number of nitrogens with zero attached hydrogens (tertiary/aromatic N) is 1. The number of hydrogen-bond acceptors (Lipinski definition) is 2. The van der Waals surface area contributed by atoms with Crippen molar-refractivity contribution in [2.75, 3.05) is 13.7 Å². The van der Waals surface area contributed by atoms with Crippen LogP contribution in [0.2, 0.25) is 0 Å². The molecule has 126 valence electrons. The fourth-order valence-electron chi connectivity index (χ4n) is 3.96. The molecule has 0 bridgehead atoms. The van der Waals surface area contributed by atoms with Gasteiger partial charge in [0, 0.05) is 18.5 Å². The zero-order valence-corrected chi connectivity index (χ0v) is 14.7. The van der Waals surface area contributed by atoms with Crippen LogP contribution in [-0.4, -0.2) is 24.6 Å². The van der Waals surface area contributed by atoms with E-state index in [1.165, 1.54) is 29.5 Å². The van der Waals surface area contributed by atoms with Gasteiger partial charge in [0.05, 0.1) is 6.61 Å². The molecule has 24 heavy (non-hydrogen) atoms. The molecule has 1 aliphatic carbocycles. The topological polar surface area (TPSA) is 12.5 Å². The van der Waals surface area contributed by atoms with E-state index in [4.69, 9.17) is 4.74 Å². The number of fused-ring (bicyclic) bond motifs is 1. The first kappa shape index (κ1) is 15.7. The van der Waals surface area contributed by atoms with E-state index in [1.807, 2.05) is 0 Å². The molecule has 2 unspecified atom stereocenters. The van der Waals surface area contributed by atoms with Gasteiger partial charge in [0.25, 0.3) is 0 Å². The normalized spacial score (nSPS) is 19.0. The molecule has 2 atom stereocenters. The fourth-order valence-corrected chi connectivity index (χ4v) is 3.96. The molecule has 1 heterocycles. The molecular weight excluding hydrogens is 294 g/mol. The van der Waals surface area contributed by atoms with Crippen LogP contribution in [0.15, 0.2) is 48.5 Å². The Morgan fingerprint density at radius 2 is 1.92 bits per heavy atom.